The molecule has 12 heavy (non-hydrogen) atoms. The van der Waals surface area contributed by atoms with Crippen molar-refractivity contribution in [3.05, 3.63) is 0 Å². The van der Waals surface area contributed by atoms with E-state index in [0.29, 0.717) is 0 Å². The van der Waals surface area contributed by atoms with Crippen molar-refractivity contribution in [1.29, 1.82) is 0 Å². The highest BCUT2D eigenvalue weighted by Gasteiger charge is 2.14. The third kappa shape index (κ3) is 3.89. The van der Waals surface area contributed by atoms with E-state index in [4.69, 9.17) is 10.8 Å². The molecule has 0 aliphatic rings. The molecule has 0 rings (SSSR count). The lowest BCUT2D eigenvalue weighted by atomic mass is 10.3. The molecule has 70 valence electrons. The van der Waals surface area contributed by atoms with Gasteiger partial charge in [-0.1, -0.05) is 0 Å². The Balaban J connectivity index is 3.77. The van der Waals surface area contributed by atoms with Crippen molar-refractivity contribution >= 4 is 11.8 Å². The Morgan fingerprint density at radius 1 is 1.58 bits per heavy atom. The Hall–Kier alpha value is -1.14. The maximum atomic E-state index is 11.0. The highest BCUT2D eigenvalue weighted by atomic mass is 16.3. The van der Waals surface area contributed by atoms with Crippen LogP contribution in [0.25, 0.3) is 0 Å². The molecule has 0 heterocycles. The fourth-order valence-corrected chi connectivity index (χ4v) is 0.603. The number of nitrogens with two attached hydrogens (primary N) is 1. The molecule has 0 bridgehead atoms. The van der Waals surface area contributed by atoms with Crippen LogP contribution in [0.2, 0.25) is 0 Å². The predicted octanol–water partition coefficient (Wildman–Crippen LogP) is -2.83. The second-order valence-electron chi connectivity index (χ2n) is 2.21. The molecule has 0 aromatic heterocycles. The van der Waals surface area contributed by atoms with Crippen LogP contribution >= 0.6 is 0 Å². The second-order valence-corrected chi connectivity index (χ2v) is 2.21. The van der Waals surface area contributed by atoms with Crippen molar-refractivity contribution in [2.75, 3.05) is 20.2 Å². The minimum absolute atomic E-state index is 0.211. The van der Waals surface area contributed by atoms with E-state index in [2.05, 4.69) is 10.6 Å². The largest absolute Gasteiger partial charge is 0.394 e. The van der Waals surface area contributed by atoms with Crippen LogP contribution < -0.4 is 16.4 Å². The third-order valence-corrected chi connectivity index (χ3v) is 1.28. The summed E-state index contributed by atoms with van der Waals surface area (Å²) in [4.78, 5) is 21.2. The average Bonchev–Trinajstić information content (AvgIpc) is 2.03. The van der Waals surface area contributed by atoms with Crippen LogP contribution in [0.5, 0.6) is 0 Å². The molecule has 0 spiro atoms. The summed E-state index contributed by atoms with van der Waals surface area (Å²) in [5, 5.41) is 13.4. The summed E-state index contributed by atoms with van der Waals surface area (Å²) in [5.74, 6) is -1.06. The quantitative estimate of drug-likeness (QED) is 0.361. The highest BCUT2D eigenvalue weighted by Crippen LogP contribution is 1.79. The Kier molecular flexibility index (Phi) is 4.98. The summed E-state index contributed by atoms with van der Waals surface area (Å²) in [6.07, 6.45) is 0. The van der Waals surface area contributed by atoms with Gasteiger partial charge in [0.25, 0.3) is 0 Å². The average molecular weight is 175 g/mol. The van der Waals surface area contributed by atoms with Gasteiger partial charge in [0, 0.05) is 0 Å². The van der Waals surface area contributed by atoms with Crippen LogP contribution in [0.3, 0.4) is 0 Å². The van der Waals surface area contributed by atoms with E-state index in [1.165, 1.54) is 7.05 Å². The van der Waals surface area contributed by atoms with E-state index in [-0.39, 0.29) is 13.2 Å². The van der Waals surface area contributed by atoms with Gasteiger partial charge in [-0.25, -0.2) is 0 Å². The monoisotopic (exact) mass is 175 g/mol. The Morgan fingerprint density at radius 3 is 2.50 bits per heavy atom. The van der Waals surface area contributed by atoms with Gasteiger partial charge >= 0.3 is 0 Å². The van der Waals surface area contributed by atoms with Gasteiger partial charge in [-0.2, -0.15) is 0 Å². The fourth-order valence-electron chi connectivity index (χ4n) is 0.603. The predicted molar refractivity (Wildman–Crippen MR) is 42.1 cm³/mol. The van der Waals surface area contributed by atoms with Gasteiger partial charge in [-0.05, 0) is 7.05 Å². The van der Waals surface area contributed by atoms with Gasteiger partial charge in [0.2, 0.25) is 11.8 Å². The number of carbonyl (C=O) groups excluding carboxylic acids is 2. The van der Waals surface area contributed by atoms with Crippen LogP contribution in [0.15, 0.2) is 0 Å². The first-order valence-electron chi connectivity index (χ1n) is 3.46. The smallest absolute Gasteiger partial charge is 0.239 e. The highest BCUT2D eigenvalue weighted by molar-refractivity contribution is 5.86. The van der Waals surface area contributed by atoms with E-state index < -0.39 is 17.9 Å². The van der Waals surface area contributed by atoms with Crippen LogP contribution in [-0.4, -0.2) is 43.2 Å². The first-order chi connectivity index (χ1) is 5.61. The summed E-state index contributed by atoms with van der Waals surface area (Å²) in [5.41, 5.74) is 4.79. The Bertz CT molecular complexity index is 167. The molecule has 0 radical (unpaired) electrons. The summed E-state index contributed by atoms with van der Waals surface area (Å²) < 4.78 is 0. The van der Waals surface area contributed by atoms with E-state index >= 15 is 0 Å². The molecule has 5 N–H and O–H groups in total. The Morgan fingerprint density at radius 2 is 2.17 bits per heavy atom. The number of hydrogen-bond donors (Lipinski definition) is 4. The molecule has 0 aromatic carbocycles. The van der Waals surface area contributed by atoms with Gasteiger partial charge < -0.3 is 21.5 Å². The molecule has 0 saturated heterocycles. The van der Waals surface area contributed by atoms with Crippen molar-refractivity contribution in [2.45, 2.75) is 6.04 Å². The topological polar surface area (TPSA) is 104 Å². The molecule has 6 nitrogen and oxygen atoms in total. The lowest BCUT2D eigenvalue weighted by Gasteiger charge is -2.11. The van der Waals surface area contributed by atoms with Crippen molar-refractivity contribution in [3.8, 4) is 0 Å². The number of rotatable bonds is 5. The Labute approximate surface area is 70.1 Å². The number of primary amides is 1. The number of nitrogens with one attached hydrogen (secondary N) is 2. The molecular formula is C6H13N3O3. The summed E-state index contributed by atoms with van der Waals surface area (Å²) >= 11 is 0. The maximum Gasteiger partial charge on any atom is 0.239 e. The zero-order valence-corrected chi connectivity index (χ0v) is 6.83. The van der Waals surface area contributed by atoms with Gasteiger partial charge in [-0.3, -0.25) is 9.59 Å². The maximum absolute atomic E-state index is 11.0. The number of aliphatic hydroxyl groups excluding tert-OH is 1. The number of hydrogen-bond acceptors (Lipinski definition) is 4. The lowest BCUT2D eigenvalue weighted by Crippen LogP contribution is -2.47. The normalized spacial score (nSPS) is 12.2. The molecule has 2 amide bonds. The van der Waals surface area contributed by atoms with Crippen molar-refractivity contribution in [1.82, 2.24) is 10.6 Å². The molecule has 0 fully saturated rings. The molecule has 1 unspecified atom stereocenters. The second kappa shape index (κ2) is 5.50. The molecule has 0 aliphatic carbocycles. The minimum Gasteiger partial charge on any atom is -0.394 e. The molecule has 6 heteroatoms. The van der Waals surface area contributed by atoms with Gasteiger partial charge in [0.15, 0.2) is 0 Å². The molecule has 1 atom stereocenters. The summed E-state index contributed by atoms with van der Waals surface area (Å²) in [6, 6.07) is -0.690. The van der Waals surface area contributed by atoms with Crippen molar-refractivity contribution in [2.24, 2.45) is 5.73 Å². The van der Waals surface area contributed by atoms with Crippen molar-refractivity contribution < 1.29 is 14.7 Å². The van der Waals surface area contributed by atoms with Crippen molar-refractivity contribution in [3.63, 3.8) is 0 Å². The molecule has 0 aromatic rings. The summed E-state index contributed by atoms with van der Waals surface area (Å²) in [7, 11) is 1.53. The first-order valence-corrected chi connectivity index (χ1v) is 3.46. The van der Waals surface area contributed by atoms with Gasteiger partial charge in [-0.15, -0.1) is 0 Å². The lowest BCUT2D eigenvalue weighted by molar-refractivity contribution is -0.126. The van der Waals surface area contributed by atoms with Gasteiger partial charge in [0.05, 0.1) is 13.2 Å². The molecule has 0 saturated carbocycles. The van der Waals surface area contributed by atoms with Crippen LogP contribution in [0.4, 0.5) is 0 Å². The number of amides is 2. The SMILES string of the molecule is CNC(CO)C(=O)NCC(N)=O. The van der Waals surface area contributed by atoms with E-state index in [9.17, 15) is 9.59 Å². The number of likely N-dealkylation sites (N-methyl/N-ethyl adjacent to an activating group) is 1. The van der Waals surface area contributed by atoms with Crippen LogP contribution in [0.1, 0.15) is 0 Å². The third-order valence-electron chi connectivity index (χ3n) is 1.28. The van der Waals surface area contributed by atoms with E-state index in [1.807, 2.05) is 0 Å². The zero-order chi connectivity index (χ0) is 9.56. The standard InChI is InChI=1S/C6H13N3O3/c1-8-4(3-10)6(12)9-2-5(7)11/h4,8,10H,2-3H2,1H3,(H2,7,11)(H,9,12). The molecule has 0 aliphatic heterocycles. The van der Waals surface area contributed by atoms with Crippen LogP contribution in [-0.2, 0) is 9.59 Å². The first kappa shape index (κ1) is 10.9. The van der Waals surface area contributed by atoms with E-state index in [1.54, 1.807) is 0 Å². The van der Waals surface area contributed by atoms with E-state index in [0.717, 1.165) is 0 Å². The van der Waals surface area contributed by atoms with Gasteiger partial charge in [0.1, 0.15) is 6.04 Å². The minimum atomic E-state index is -0.690. The summed E-state index contributed by atoms with van der Waals surface area (Å²) in [6.45, 7) is -0.530. The zero-order valence-electron chi connectivity index (χ0n) is 6.83. The van der Waals surface area contributed by atoms with Crippen LogP contribution in [0, 0.1) is 0 Å². The number of carbonyl (C=O) groups is 2. The number of aliphatic hydroxyl groups is 1. The molecular weight excluding hydrogens is 162 g/mol. The fraction of sp³-hybridized carbons (Fsp3) is 0.667.